The molecule has 1 saturated carbocycles. The lowest BCUT2D eigenvalue weighted by molar-refractivity contribution is -0.274. The monoisotopic (exact) mass is 488 g/mol. The fourth-order valence-electron chi connectivity index (χ4n) is 5.31. The molecule has 0 spiro atoms. The summed E-state index contributed by atoms with van der Waals surface area (Å²) < 4.78 is 43.7. The summed E-state index contributed by atoms with van der Waals surface area (Å²) in [5.41, 5.74) is 2.89. The summed E-state index contributed by atoms with van der Waals surface area (Å²) in [5, 5.41) is 3.28. The lowest BCUT2D eigenvalue weighted by Gasteiger charge is -2.40. The van der Waals surface area contributed by atoms with Crippen LogP contribution in [-0.4, -0.2) is 40.8 Å². The molecule has 0 unspecified atom stereocenters. The highest BCUT2D eigenvalue weighted by Crippen LogP contribution is 2.46. The number of imidazole rings is 1. The fourth-order valence-corrected chi connectivity index (χ4v) is 5.31. The van der Waals surface area contributed by atoms with Gasteiger partial charge in [-0.2, -0.15) is 0 Å². The standard InChI is InChI=1S/C26H31F3N4O2/c1-16-12-19(15-25(2,3)14-16)33-22-11-6-17(23(34)32(4)5)13-21(22)31-24(33)30-18-7-9-20(10-8-18)35-26(27,28)29/h6-11,13,16,19H,12,14-15H2,1-5H3,(H,30,31)/t16-,19-/m1/s1. The highest BCUT2D eigenvalue weighted by atomic mass is 19.4. The van der Waals surface area contributed by atoms with Crippen LogP contribution in [0, 0.1) is 11.3 Å². The topological polar surface area (TPSA) is 59.4 Å². The first-order chi connectivity index (χ1) is 16.3. The van der Waals surface area contributed by atoms with E-state index in [2.05, 4.69) is 35.4 Å². The first-order valence-electron chi connectivity index (χ1n) is 11.7. The van der Waals surface area contributed by atoms with Crippen LogP contribution in [0.25, 0.3) is 11.0 Å². The number of nitrogens with one attached hydrogen (secondary N) is 1. The van der Waals surface area contributed by atoms with E-state index in [1.54, 1.807) is 20.2 Å². The molecule has 1 N–H and O–H groups in total. The van der Waals surface area contributed by atoms with E-state index < -0.39 is 6.36 Å². The van der Waals surface area contributed by atoms with Crippen molar-refractivity contribution in [2.75, 3.05) is 19.4 Å². The molecule has 0 radical (unpaired) electrons. The minimum Gasteiger partial charge on any atom is -0.406 e. The Bertz CT molecular complexity index is 1220. The van der Waals surface area contributed by atoms with E-state index in [4.69, 9.17) is 4.98 Å². The molecular formula is C26H31F3N4O2. The summed E-state index contributed by atoms with van der Waals surface area (Å²) in [6, 6.07) is 11.3. The van der Waals surface area contributed by atoms with Crippen molar-refractivity contribution in [1.82, 2.24) is 14.5 Å². The number of anilines is 2. The molecule has 1 aliphatic rings. The number of aromatic nitrogens is 2. The molecular weight excluding hydrogens is 457 g/mol. The fraction of sp³-hybridized carbons (Fsp3) is 0.462. The van der Waals surface area contributed by atoms with Crippen molar-refractivity contribution < 1.29 is 22.7 Å². The van der Waals surface area contributed by atoms with Gasteiger partial charge in [0.15, 0.2) is 0 Å². The second-order valence-electron chi connectivity index (χ2n) is 10.5. The lowest BCUT2D eigenvalue weighted by Crippen LogP contribution is -2.29. The van der Waals surface area contributed by atoms with Crippen LogP contribution >= 0.6 is 0 Å². The molecule has 1 heterocycles. The third kappa shape index (κ3) is 5.71. The van der Waals surface area contributed by atoms with Crippen molar-refractivity contribution in [3.63, 3.8) is 0 Å². The number of benzene rings is 2. The SMILES string of the molecule is C[C@@H]1C[C@@H](n2c(Nc3ccc(OC(F)(F)F)cc3)nc3cc(C(=O)N(C)C)ccc32)CC(C)(C)C1. The van der Waals surface area contributed by atoms with Gasteiger partial charge in [0, 0.05) is 31.4 Å². The lowest BCUT2D eigenvalue weighted by atomic mass is 9.70. The van der Waals surface area contributed by atoms with Crippen LogP contribution in [0.3, 0.4) is 0 Å². The van der Waals surface area contributed by atoms with Crippen LogP contribution < -0.4 is 10.1 Å². The Kier molecular flexibility index (Phi) is 6.46. The van der Waals surface area contributed by atoms with Crippen molar-refractivity contribution in [2.45, 2.75) is 52.4 Å². The molecule has 6 nitrogen and oxygen atoms in total. The number of hydrogen-bond donors (Lipinski definition) is 1. The van der Waals surface area contributed by atoms with Crippen LogP contribution in [0.1, 0.15) is 56.4 Å². The van der Waals surface area contributed by atoms with Gasteiger partial charge in [-0.25, -0.2) is 4.98 Å². The Morgan fingerprint density at radius 1 is 1.14 bits per heavy atom. The first kappa shape index (κ1) is 24.9. The number of hydrogen-bond acceptors (Lipinski definition) is 4. The predicted molar refractivity (Wildman–Crippen MR) is 130 cm³/mol. The number of carbonyl (C=O) groups excluding carboxylic acids is 1. The Morgan fingerprint density at radius 2 is 1.83 bits per heavy atom. The maximum atomic E-state index is 12.5. The quantitative estimate of drug-likeness (QED) is 0.431. The molecule has 0 saturated heterocycles. The number of rotatable bonds is 5. The van der Waals surface area contributed by atoms with E-state index in [-0.39, 0.29) is 23.1 Å². The number of halogens is 3. The number of fused-ring (bicyclic) bond motifs is 1. The molecule has 1 amide bonds. The molecule has 0 bridgehead atoms. The van der Waals surface area contributed by atoms with Crippen LogP contribution in [0.15, 0.2) is 42.5 Å². The molecule has 35 heavy (non-hydrogen) atoms. The molecule has 4 rings (SSSR count). The van der Waals surface area contributed by atoms with Crippen LogP contribution in [0.2, 0.25) is 0 Å². The number of amides is 1. The average Bonchev–Trinajstić information content (AvgIpc) is 3.09. The summed E-state index contributed by atoms with van der Waals surface area (Å²) in [6.45, 7) is 6.80. The Hall–Kier alpha value is -3.23. The minimum atomic E-state index is -4.74. The molecule has 1 aliphatic carbocycles. The predicted octanol–water partition coefficient (Wildman–Crippen LogP) is 6.77. The van der Waals surface area contributed by atoms with E-state index >= 15 is 0 Å². The zero-order valence-corrected chi connectivity index (χ0v) is 20.6. The zero-order valence-electron chi connectivity index (χ0n) is 20.6. The highest BCUT2D eigenvalue weighted by Gasteiger charge is 2.35. The Morgan fingerprint density at radius 3 is 2.43 bits per heavy atom. The van der Waals surface area contributed by atoms with Gasteiger partial charge in [0.2, 0.25) is 5.95 Å². The Balaban J connectivity index is 1.74. The van der Waals surface area contributed by atoms with E-state index in [1.807, 2.05) is 12.1 Å². The molecule has 9 heteroatoms. The maximum absolute atomic E-state index is 12.5. The smallest absolute Gasteiger partial charge is 0.406 e. The van der Waals surface area contributed by atoms with Gasteiger partial charge in [0.1, 0.15) is 5.75 Å². The van der Waals surface area contributed by atoms with Gasteiger partial charge in [-0.15, -0.1) is 13.2 Å². The summed E-state index contributed by atoms with van der Waals surface area (Å²) in [7, 11) is 3.41. The average molecular weight is 489 g/mol. The van der Waals surface area contributed by atoms with E-state index in [1.165, 1.54) is 29.2 Å². The number of carbonyl (C=O) groups is 1. The minimum absolute atomic E-state index is 0.108. The third-order valence-corrected chi connectivity index (χ3v) is 6.42. The molecule has 3 aromatic rings. The first-order valence-corrected chi connectivity index (χ1v) is 11.7. The van der Waals surface area contributed by atoms with E-state index in [9.17, 15) is 18.0 Å². The van der Waals surface area contributed by atoms with E-state index in [0.717, 1.165) is 24.8 Å². The normalized spacial score (nSPS) is 20.0. The van der Waals surface area contributed by atoms with Crippen LogP contribution in [0.5, 0.6) is 5.75 Å². The second-order valence-corrected chi connectivity index (χ2v) is 10.5. The maximum Gasteiger partial charge on any atom is 0.573 e. The Labute approximate surface area is 203 Å². The summed E-state index contributed by atoms with van der Waals surface area (Å²) >= 11 is 0. The van der Waals surface area contributed by atoms with Crippen molar-refractivity contribution in [1.29, 1.82) is 0 Å². The van der Waals surface area contributed by atoms with Crippen molar-refractivity contribution in [3.05, 3.63) is 48.0 Å². The number of nitrogens with zero attached hydrogens (tertiary/aromatic N) is 3. The van der Waals surface area contributed by atoms with Gasteiger partial charge in [-0.1, -0.05) is 20.8 Å². The largest absolute Gasteiger partial charge is 0.573 e. The molecule has 1 fully saturated rings. The molecule has 1 aromatic heterocycles. The van der Waals surface area contributed by atoms with Crippen LogP contribution in [-0.2, 0) is 0 Å². The molecule has 2 atom stereocenters. The van der Waals surface area contributed by atoms with Gasteiger partial charge >= 0.3 is 6.36 Å². The van der Waals surface area contributed by atoms with Crippen molar-refractivity contribution in [2.24, 2.45) is 11.3 Å². The van der Waals surface area contributed by atoms with Crippen LogP contribution in [0.4, 0.5) is 24.8 Å². The van der Waals surface area contributed by atoms with Gasteiger partial charge in [0.05, 0.1) is 11.0 Å². The highest BCUT2D eigenvalue weighted by molar-refractivity contribution is 5.97. The second kappa shape index (κ2) is 9.09. The number of ether oxygens (including phenoxy) is 1. The number of alkyl halides is 3. The summed E-state index contributed by atoms with van der Waals surface area (Å²) in [4.78, 5) is 18.8. The summed E-state index contributed by atoms with van der Waals surface area (Å²) in [5.74, 6) is 0.728. The van der Waals surface area contributed by atoms with Gasteiger partial charge < -0.3 is 19.5 Å². The molecule has 188 valence electrons. The van der Waals surface area contributed by atoms with Crippen molar-refractivity contribution >= 4 is 28.6 Å². The van der Waals surface area contributed by atoms with E-state index in [0.29, 0.717) is 28.6 Å². The van der Waals surface area contributed by atoms with Gasteiger partial charge in [-0.05, 0) is 73.1 Å². The third-order valence-electron chi connectivity index (χ3n) is 6.42. The zero-order chi connectivity index (χ0) is 25.5. The van der Waals surface area contributed by atoms with Gasteiger partial charge in [-0.3, -0.25) is 4.79 Å². The van der Waals surface area contributed by atoms with Gasteiger partial charge in [0.25, 0.3) is 5.91 Å². The van der Waals surface area contributed by atoms with Crippen molar-refractivity contribution in [3.8, 4) is 5.75 Å². The molecule has 2 aromatic carbocycles. The summed E-state index contributed by atoms with van der Waals surface area (Å²) in [6.07, 6.45) is -1.65. The molecule has 0 aliphatic heterocycles.